The van der Waals surface area contributed by atoms with Crippen molar-refractivity contribution in [1.29, 1.82) is 0 Å². The molecule has 3 rings (SSSR count). The van der Waals surface area contributed by atoms with Crippen LogP contribution in [0.2, 0.25) is 0 Å². The van der Waals surface area contributed by atoms with E-state index in [2.05, 4.69) is 10.1 Å². The molecule has 0 spiro atoms. The number of ether oxygens (including phenoxy) is 1. The first-order valence-corrected chi connectivity index (χ1v) is 10.1. The van der Waals surface area contributed by atoms with Crippen molar-refractivity contribution in [2.45, 2.75) is 25.7 Å². The Morgan fingerprint density at radius 3 is 2.54 bits per heavy atom. The zero-order valence-electron chi connectivity index (χ0n) is 14.9. The maximum absolute atomic E-state index is 12.5. The highest BCUT2D eigenvalue weighted by Gasteiger charge is 2.34. The summed E-state index contributed by atoms with van der Waals surface area (Å²) in [4.78, 5) is 12.5. The molecule has 0 saturated carbocycles. The third-order valence-corrected chi connectivity index (χ3v) is 5.48. The number of amides is 1. The highest BCUT2D eigenvalue weighted by molar-refractivity contribution is 7.92. The van der Waals surface area contributed by atoms with E-state index in [0.29, 0.717) is 17.7 Å². The minimum Gasteiger partial charge on any atom is -0.404 e. The largest absolute Gasteiger partial charge is 0.573 e. The first kappa shape index (κ1) is 20.0. The summed E-state index contributed by atoms with van der Waals surface area (Å²) in [6, 6.07) is 9.41. The molecule has 0 saturated heterocycles. The monoisotopic (exact) mass is 414 g/mol. The number of benzene rings is 2. The molecule has 1 heterocycles. The zero-order chi connectivity index (χ0) is 20.7. The van der Waals surface area contributed by atoms with Gasteiger partial charge < -0.3 is 10.1 Å². The highest BCUT2D eigenvalue weighted by Crippen LogP contribution is 2.35. The number of nitrogens with one attached hydrogen (secondary N) is 1. The van der Waals surface area contributed by atoms with Gasteiger partial charge in [0.05, 0.1) is 17.6 Å². The minimum absolute atomic E-state index is 0.128. The lowest BCUT2D eigenvalue weighted by Crippen LogP contribution is -2.34. The van der Waals surface area contributed by atoms with Gasteiger partial charge in [0.2, 0.25) is 10.0 Å². The van der Waals surface area contributed by atoms with Crippen LogP contribution in [0.3, 0.4) is 0 Å². The second-order valence-corrected chi connectivity index (χ2v) is 8.31. The Kier molecular flexibility index (Phi) is 5.00. The van der Waals surface area contributed by atoms with E-state index in [0.717, 1.165) is 12.3 Å². The van der Waals surface area contributed by atoms with Gasteiger partial charge in [0.15, 0.2) is 5.75 Å². The van der Waals surface area contributed by atoms with Crippen molar-refractivity contribution in [3.8, 4) is 5.75 Å². The number of carbonyl (C=O) groups excluding carboxylic acids is 1. The summed E-state index contributed by atoms with van der Waals surface area (Å²) in [6.07, 6.45) is -3.35. The number of halogens is 3. The fraction of sp³-hybridized carbons (Fsp3) is 0.278. The van der Waals surface area contributed by atoms with Gasteiger partial charge in [-0.3, -0.25) is 9.10 Å². The summed E-state index contributed by atoms with van der Waals surface area (Å²) in [5.74, 6) is -1.16. The average molecular weight is 414 g/mol. The van der Waals surface area contributed by atoms with E-state index in [1.54, 1.807) is 13.0 Å². The summed E-state index contributed by atoms with van der Waals surface area (Å²) < 4.78 is 66.7. The normalized spacial score (nSPS) is 16.6. The standard InChI is InChI=1S/C18H17F3N2O4S/c1-11-9-13-10-12(7-8-15(13)23(11)28(2,25)26)17(24)22-14-5-3-4-6-16(14)27-18(19,20)21/h3-8,10-11H,9H2,1-2H3,(H,22,24). The molecule has 1 atom stereocenters. The summed E-state index contributed by atoms with van der Waals surface area (Å²) >= 11 is 0. The second kappa shape index (κ2) is 7.01. The van der Waals surface area contributed by atoms with Gasteiger partial charge in [0, 0.05) is 11.6 Å². The molecule has 1 unspecified atom stereocenters. The van der Waals surface area contributed by atoms with Crippen LogP contribution in [-0.4, -0.2) is 33.0 Å². The quantitative estimate of drug-likeness (QED) is 0.830. The van der Waals surface area contributed by atoms with Crippen molar-refractivity contribution in [2.75, 3.05) is 15.9 Å². The SMILES string of the molecule is CC1Cc2cc(C(=O)Nc3ccccc3OC(F)(F)F)ccc2N1S(C)(=O)=O. The topological polar surface area (TPSA) is 75.7 Å². The van der Waals surface area contributed by atoms with Gasteiger partial charge in [-0.05, 0) is 49.2 Å². The third kappa shape index (κ3) is 4.22. The third-order valence-electron chi connectivity index (χ3n) is 4.21. The Balaban J connectivity index is 1.86. The number of para-hydroxylation sites is 2. The van der Waals surface area contributed by atoms with E-state index >= 15 is 0 Å². The lowest BCUT2D eigenvalue weighted by atomic mass is 10.1. The first-order valence-electron chi connectivity index (χ1n) is 8.24. The van der Waals surface area contributed by atoms with Crippen molar-refractivity contribution >= 4 is 27.3 Å². The molecule has 0 aliphatic carbocycles. The van der Waals surface area contributed by atoms with E-state index in [1.165, 1.54) is 34.6 Å². The van der Waals surface area contributed by atoms with Gasteiger partial charge in [-0.2, -0.15) is 0 Å². The molecular formula is C18H17F3N2O4S. The molecule has 150 valence electrons. The molecule has 0 fully saturated rings. The van der Waals surface area contributed by atoms with E-state index in [4.69, 9.17) is 0 Å². The molecule has 10 heteroatoms. The summed E-state index contributed by atoms with van der Waals surface area (Å²) in [6.45, 7) is 1.76. The van der Waals surface area contributed by atoms with Crippen LogP contribution in [0, 0.1) is 0 Å². The Hall–Kier alpha value is -2.75. The zero-order valence-corrected chi connectivity index (χ0v) is 15.8. The summed E-state index contributed by atoms with van der Waals surface area (Å²) in [5.41, 5.74) is 1.23. The highest BCUT2D eigenvalue weighted by atomic mass is 32.2. The number of sulfonamides is 1. The lowest BCUT2D eigenvalue weighted by Gasteiger charge is -2.22. The van der Waals surface area contributed by atoms with E-state index in [9.17, 15) is 26.4 Å². The number of hydrogen-bond donors (Lipinski definition) is 1. The summed E-state index contributed by atoms with van der Waals surface area (Å²) in [7, 11) is -3.46. The Bertz CT molecular complexity index is 1020. The van der Waals surface area contributed by atoms with Crippen LogP contribution in [0.5, 0.6) is 5.75 Å². The van der Waals surface area contributed by atoms with E-state index in [-0.39, 0.29) is 17.3 Å². The number of alkyl halides is 3. The number of anilines is 2. The van der Waals surface area contributed by atoms with Crippen molar-refractivity contribution < 1.29 is 31.1 Å². The van der Waals surface area contributed by atoms with Crippen LogP contribution in [0.15, 0.2) is 42.5 Å². The first-order chi connectivity index (χ1) is 13.0. The smallest absolute Gasteiger partial charge is 0.404 e. The van der Waals surface area contributed by atoms with Crippen molar-refractivity contribution in [1.82, 2.24) is 0 Å². The Labute approximate surface area is 160 Å². The van der Waals surface area contributed by atoms with Crippen LogP contribution in [0.4, 0.5) is 24.5 Å². The molecule has 0 bridgehead atoms. The maximum Gasteiger partial charge on any atom is 0.573 e. The van der Waals surface area contributed by atoms with Crippen LogP contribution < -0.4 is 14.4 Å². The number of rotatable bonds is 4. The van der Waals surface area contributed by atoms with Crippen LogP contribution >= 0.6 is 0 Å². The fourth-order valence-electron chi connectivity index (χ4n) is 3.23. The van der Waals surface area contributed by atoms with Crippen LogP contribution in [0.1, 0.15) is 22.8 Å². The van der Waals surface area contributed by atoms with Gasteiger partial charge in [-0.1, -0.05) is 12.1 Å². The van der Waals surface area contributed by atoms with Crippen molar-refractivity contribution in [3.63, 3.8) is 0 Å². The van der Waals surface area contributed by atoms with Crippen LogP contribution in [-0.2, 0) is 16.4 Å². The van der Waals surface area contributed by atoms with Crippen molar-refractivity contribution in [2.24, 2.45) is 0 Å². The molecule has 6 nitrogen and oxygen atoms in total. The lowest BCUT2D eigenvalue weighted by molar-refractivity contribution is -0.274. The predicted octanol–water partition coefficient (Wildman–Crippen LogP) is 3.55. The molecule has 0 radical (unpaired) electrons. The molecule has 1 aliphatic heterocycles. The maximum atomic E-state index is 12.5. The fourth-order valence-corrected chi connectivity index (χ4v) is 4.49. The number of nitrogens with zero attached hydrogens (tertiary/aromatic N) is 1. The molecule has 0 aromatic heterocycles. The molecule has 28 heavy (non-hydrogen) atoms. The van der Waals surface area contributed by atoms with Crippen LogP contribution in [0.25, 0.3) is 0 Å². The number of hydrogen-bond acceptors (Lipinski definition) is 4. The van der Waals surface area contributed by atoms with E-state index in [1.807, 2.05) is 0 Å². The van der Waals surface area contributed by atoms with E-state index < -0.39 is 28.0 Å². The molecule has 2 aromatic rings. The average Bonchev–Trinajstić information content (AvgIpc) is 2.90. The van der Waals surface area contributed by atoms with Gasteiger partial charge in [0.1, 0.15) is 0 Å². The number of fused-ring (bicyclic) bond motifs is 1. The van der Waals surface area contributed by atoms with Gasteiger partial charge >= 0.3 is 6.36 Å². The molecular weight excluding hydrogens is 397 g/mol. The molecule has 1 amide bonds. The Morgan fingerprint density at radius 1 is 1.21 bits per heavy atom. The Morgan fingerprint density at radius 2 is 1.89 bits per heavy atom. The minimum atomic E-state index is -4.89. The predicted molar refractivity (Wildman–Crippen MR) is 98.0 cm³/mol. The van der Waals surface area contributed by atoms with Gasteiger partial charge in [-0.15, -0.1) is 13.2 Å². The summed E-state index contributed by atoms with van der Waals surface area (Å²) in [5, 5.41) is 2.40. The van der Waals surface area contributed by atoms with Gasteiger partial charge in [-0.25, -0.2) is 8.42 Å². The molecule has 1 N–H and O–H groups in total. The molecule has 2 aromatic carbocycles. The number of carbonyl (C=O) groups is 1. The van der Waals surface area contributed by atoms with Gasteiger partial charge in [0.25, 0.3) is 5.91 Å². The second-order valence-electron chi connectivity index (χ2n) is 6.45. The van der Waals surface area contributed by atoms with Crippen molar-refractivity contribution in [3.05, 3.63) is 53.6 Å². The molecule has 1 aliphatic rings.